The Hall–Kier alpha value is -2.11. The molecule has 1 unspecified atom stereocenters. The van der Waals surface area contributed by atoms with Gasteiger partial charge in [0, 0.05) is 39.0 Å². The summed E-state index contributed by atoms with van der Waals surface area (Å²) in [5, 5.41) is 0. The number of aromatic nitrogens is 4. The van der Waals surface area contributed by atoms with Gasteiger partial charge in [0.2, 0.25) is 5.88 Å². The first kappa shape index (κ1) is 14.8. The smallest absolute Gasteiger partial charge is 0.234 e. The van der Waals surface area contributed by atoms with E-state index in [1.165, 1.54) is 12.8 Å². The van der Waals surface area contributed by atoms with Crippen LogP contribution in [0.1, 0.15) is 25.6 Å². The summed E-state index contributed by atoms with van der Waals surface area (Å²) in [6.07, 6.45) is 10.8. The van der Waals surface area contributed by atoms with Crippen molar-refractivity contribution in [2.45, 2.75) is 26.2 Å². The summed E-state index contributed by atoms with van der Waals surface area (Å²) >= 11 is 0. The molecule has 0 radical (unpaired) electrons. The highest BCUT2D eigenvalue weighted by atomic mass is 16.5. The van der Waals surface area contributed by atoms with Crippen LogP contribution in [-0.2, 0) is 13.5 Å². The lowest BCUT2D eigenvalue weighted by Crippen LogP contribution is -2.37. The molecular formula is C16H23N5O. The SMILES string of the molecule is CCOc1cncc(N2CCCC(Cc3nccn3C)C2)n1. The van der Waals surface area contributed by atoms with Gasteiger partial charge in [-0.2, -0.15) is 4.98 Å². The molecule has 118 valence electrons. The number of ether oxygens (including phenoxy) is 1. The van der Waals surface area contributed by atoms with E-state index >= 15 is 0 Å². The lowest BCUT2D eigenvalue weighted by atomic mass is 9.94. The van der Waals surface area contributed by atoms with Gasteiger partial charge in [0.15, 0.2) is 5.82 Å². The van der Waals surface area contributed by atoms with Crippen molar-refractivity contribution in [2.24, 2.45) is 13.0 Å². The molecular weight excluding hydrogens is 278 g/mol. The normalized spacial score (nSPS) is 18.5. The molecule has 1 aliphatic heterocycles. The number of nitrogens with zero attached hydrogens (tertiary/aromatic N) is 5. The molecule has 1 atom stereocenters. The molecule has 0 aromatic carbocycles. The van der Waals surface area contributed by atoms with Gasteiger partial charge < -0.3 is 14.2 Å². The Morgan fingerprint density at radius 3 is 3.05 bits per heavy atom. The third-order valence-corrected chi connectivity index (χ3v) is 4.13. The molecule has 3 rings (SSSR count). The summed E-state index contributed by atoms with van der Waals surface area (Å²) < 4.78 is 7.56. The molecule has 0 N–H and O–H groups in total. The number of hydrogen-bond donors (Lipinski definition) is 0. The Morgan fingerprint density at radius 2 is 2.27 bits per heavy atom. The van der Waals surface area contributed by atoms with E-state index in [1.807, 2.05) is 25.5 Å². The molecule has 22 heavy (non-hydrogen) atoms. The molecule has 0 saturated carbocycles. The van der Waals surface area contributed by atoms with E-state index in [4.69, 9.17) is 4.74 Å². The van der Waals surface area contributed by atoms with Crippen LogP contribution < -0.4 is 9.64 Å². The van der Waals surface area contributed by atoms with Crippen molar-refractivity contribution < 1.29 is 4.74 Å². The molecule has 0 bridgehead atoms. The van der Waals surface area contributed by atoms with E-state index in [-0.39, 0.29) is 0 Å². The number of hydrogen-bond acceptors (Lipinski definition) is 5. The molecule has 3 heterocycles. The lowest BCUT2D eigenvalue weighted by molar-refractivity contribution is 0.324. The third kappa shape index (κ3) is 3.37. The maximum Gasteiger partial charge on any atom is 0.234 e. The quantitative estimate of drug-likeness (QED) is 0.846. The van der Waals surface area contributed by atoms with Crippen molar-refractivity contribution in [2.75, 3.05) is 24.6 Å². The highest BCUT2D eigenvalue weighted by Gasteiger charge is 2.22. The fourth-order valence-electron chi connectivity index (χ4n) is 3.00. The van der Waals surface area contributed by atoms with E-state index in [9.17, 15) is 0 Å². The number of piperidine rings is 1. The molecule has 0 spiro atoms. The molecule has 1 fully saturated rings. The standard InChI is InChI=1S/C16H23N5O/c1-3-22-16-11-17-10-15(19-16)21-7-4-5-13(12-21)9-14-18-6-8-20(14)2/h6,8,10-11,13H,3-5,7,9,12H2,1-2H3. The van der Waals surface area contributed by atoms with E-state index in [0.29, 0.717) is 18.4 Å². The summed E-state index contributed by atoms with van der Waals surface area (Å²) in [6.45, 7) is 4.59. The van der Waals surface area contributed by atoms with Gasteiger partial charge in [-0.1, -0.05) is 0 Å². The number of aryl methyl sites for hydroxylation is 1. The zero-order valence-electron chi connectivity index (χ0n) is 13.3. The Morgan fingerprint density at radius 1 is 1.36 bits per heavy atom. The second-order valence-electron chi connectivity index (χ2n) is 5.76. The van der Waals surface area contributed by atoms with Gasteiger partial charge in [-0.05, 0) is 25.7 Å². The third-order valence-electron chi connectivity index (χ3n) is 4.13. The highest BCUT2D eigenvalue weighted by Crippen LogP contribution is 2.24. The first-order valence-electron chi connectivity index (χ1n) is 7.92. The fraction of sp³-hybridized carbons (Fsp3) is 0.562. The average Bonchev–Trinajstić information content (AvgIpc) is 2.93. The minimum Gasteiger partial charge on any atom is -0.477 e. The Kier molecular flexibility index (Phi) is 4.56. The van der Waals surface area contributed by atoms with Crippen molar-refractivity contribution in [3.63, 3.8) is 0 Å². The molecule has 2 aromatic rings. The maximum atomic E-state index is 5.45. The van der Waals surface area contributed by atoms with Crippen LogP contribution in [0.3, 0.4) is 0 Å². The van der Waals surface area contributed by atoms with Crippen molar-refractivity contribution in [1.82, 2.24) is 19.5 Å². The van der Waals surface area contributed by atoms with Crippen LogP contribution in [-0.4, -0.2) is 39.2 Å². The van der Waals surface area contributed by atoms with E-state index in [2.05, 4.69) is 31.5 Å². The fourth-order valence-corrected chi connectivity index (χ4v) is 3.00. The second kappa shape index (κ2) is 6.77. The van der Waals surface area contributed by atoms with Crippen LogP contribution in [0.4, 0.5) is 5.82 Å². The van der Waals surface area contributed by atoms with Crippen LogP contribution in [0.5, 0.6) is 5.88 Å². The van der Waals surface area contributed by atoms with Gasteiger partial charge in [-0.25, -0.2) is 4.98 Å². The largest absolute Gasteiger partial charge is 0.477 e. The molecule has 1 aliphatic rings. The Labute approximate surface area is 131 Å². The number of rotatable bonds is 5. The summed E-state index contributed by atoms with van der Waals surface area (Å²) in [5.74, 6) is 3.27. The predicted molar refractivity (Wildman–Crippen MR) is 85.1 cm³/mol. The minimum absolute atomic E-state index is 0.603. The van der Waals surface area contributed by atoms with E-state index < -0.39 is 0 Å². The highest BCUT2D eigenvalue weighted by molar-refractivity contribution is 5.38. The van der Waals surface area contributed by atoms with Crippen molar-refractivity contribution >= 4 is 5.82 Å². The summed E-state index contributed by atoms with van der Waals surface area (Å²) in [5.41, 5.74) is 0. The number of imidazole rings is 1. The topological polar surface area (TPSA) is 56.1 Å². The Bertz CT molecular complexity index is 612. The van der Waals surface area contributed by atoms with Crippen molar-refractivity contribution in [3.05, 3.63) is 30.6 Å². The van der Waals surface area contributed by atoms with Crippen LogP contribution >= 0.6 is 0 Å². The monoisotopic (exact) mass is 301 g/mol. The summed E-state index contributed by atoms with van der Waals surface area (Å²) in [4.78, 5) is 15.6. The van der Waals surface area contributed by atoms with Gasteiger partial charge >= 0.3 is 0 Å². The van der Waals surface area contributed by atoms with Crippen LogP contribution in [0.15, 0.2) is 24.8 Å². The van der Waals surface area contributed by atoms with Gasteiger partial charge in [-0.15, -0.1) is 0 Å². The van der Waals surface area contributed by atoms with Crippen LogP contribution in [0, 0.1) is 5.92 Å². The van der Waals surface area contributed by atoms with Crippen LogP contribution in [0.2, 0.25) is 0 Å². The predicted octanol–water partition coefficient (Wildman–Crippen LogP) is 2.07. The maximum absolute atomic E-state index is 5.45. The van der Waals surface area contributed by atoms with Crippen molar-refractivity contribution in [1.29, 1.82) is 0 Å². The van der Waals surface area contributed by atoms with Gasteiger partial charge in [-0.3, -0.25) is 4.98 Å². The number of anilines is 1. The molecule has 6 nitrogen and oxygen atoms in total. The molecule has 1 saturated heterocycles. The second-order valence-corrected chi connectivity index (χ2v) is 5.76. The van der Waals surface area contributed by atoms with Gasteiger partial charge in [0.1, 0.15) is 5.82 Å². The molecule has 0 amide bonds. The minimum atomic E-state index is 0.603. The van der Waals surface area contributed by atoms with Crippen molar-refractivity contribution in [3.8, 4) is 5.88 Å². The van der Waals surface area contributed by atoms with Crippen LogP contribution in [0.25, 0.3) is 0 Å². The first-order chi connectivity index (χ1) is 10.8. The lowest BCUT2D eigenvalue weighted by Gasteiger charge is -2.33. The summed E-state index contributed by atoms with van der Waals surface area (Å²) in [7, 11) is 2.06. The average molecular weight is 301 g/mol. The zero-order chi connectivity index (χ0) is 15.4. The summed E-state index contributed by atoms with van der Waals surface area (Å²) in [6, 6.07) is 0. The van der Waals surface area contributed by atoms with Gasteiger partial charge in [0.05, 0.1) is 19.0 Å². The van der Waals surface area contributed by atoms with E-state index in [0.717, 1.165) is 31.2 Å². The zero-order valence-corrected chi connectivity index (χ0v) is 13.3. The van der Waals surface area contributed by atoms with Gasteiger partial charge in [0.25, 0.3) is 0 Å². The van der Waals surface area contributed by atoms with E-state index in [1.54, 1.807) is 6.20 Å². The molecule has 2 aromatic heterocycles. The Balaban J connectivity index is 1.67. The molecule has 0 aliphatic carbocycles. The first-order valence-corrected chi connectivity index (χ1v) is 7.92. The molecule has 6 heteroatoms.